The van der Waals surface area contributed by atoms with E-state index in [-0.39, 0.29) is 5.75 Å². The zero-order valence-corrected chi connectivity index (χ0v) is 22.4. The van der Waals surface area contributed by atoms with Crippen LogP contribution in [0, 0.1) is 5.92 Å². The number of phenols is 1. The molecule has 0 aliphatic heterocycles. The molecule has 6 aromatic rings. The van der Waals surface area contributed by atoms with E-state index in [4.69, 9.17) is 19.1 Å². The third kappa shape index (κ3) is 4.92. The molecule has 0 spiro atoms. The molecule has 5 heteroatoms. The Hall–Kier alpha value is -4.38. The molecule has 1 N–H and O–H groups in total. The molecule has 6 rings (SSSR count). The number of benzene rings is 4. The average molecular weight is 517 g/mol. The molecule has 0 bridgehead atoms. The summed E-state index contributed by atoms with van der Waals surface area (Å²) in [5, 5.41) is 15.1. The van der Waals surface area contributed by atoms with Crippen LogP contribution in [0.2, 0.25) is 0 Å². The van der Waals surface area contributed by atoms with Gasteiger partial charge in [-0.2, -0.15) is 4.98 Å². The molecule has 0 aliphatic carbocycles. The molecule has 2 aromatic heterocycles. The summed E-state index contributed by atoms with van der Waals surface area (Å²) in [6.45, 7) is 5.02. The highest BCUT2D eigenvalue weighted by molar-refractivity contribution is 6.19. The van der Waals surface area contributed by atoms with Crippen LogP contribution in [0.25, 0.3) is 55.4 Å². The van der Waals surface area contributed by atoms with E-state index in [1.807, 2.05) is 30.3 Å². The van der Waals surface area contributed by atoms with Gasteiger partial charge in [0.2, 0.25) is 5.88 Å². The number of aromatic hydroxyl groups is 1. The summed E-state index contributed by atoms with van der Waals surface area (Å²) >= 11 is 0. The van der Waals surface area contributed by atoms with E-state index in [1.54, 1.807) is 12.1 Å². The average Bonchev–Trinajstić information content (AvgIpc) is 3.36. The third-order valence-electron chi connectivity index (χ3n) is 7.52. The molecule has 0 fully saturated rings. The van der Waals surface area contributed by atoms with Crippen LogP contribution >= 0.6 is 0 Å². The molecule has 0 aliphatic rings. The third-order valence-corrected chi connectivity index (χ3v) is 7.52. The van der Waals surface area contributed by atoms with Gasteiger partial charge in [0.1, 0.15) is 16.9 Å². The monoisotopic (exact) mass is 516 g/mol. The van der Waals surface area contributed by atoms with E-state index < -0.39 is 0 Å². The van der Waals surface area contributed by atoms with Gasteiger partial charge in [-0.05, 0) is 53.4 Å². The van der Waals surface area contributed by atoms with Crippen molar-refractivity contribution in [3.05, 3.63) is 84.9 Å². The van der Waals surface area contributed by atoms with Gasteiger partial charge in [0.15, 0.2) is 5.82 Å². The summed E-state index contributed by atoms with van der Waals surface area (Å²) in [4.78, 5) is 9.54. The van der Waals surface area contributed by atoms with Crippen LogP contribution in [-0.2, 0) is 0 Å². The van der Waals surface area contributed by atoms with Gasteiger partial charge >= 0.3 is 0 Å². The molecule has 0 saturated carbocycles. The molecular weight excluding hydrogens is 484 g/mol. The summed E-state index contributed by atoms with van der Waals surface area (Å²) in [7, 11) is 0. The first-order valence-corrected chi connectivity index (χ1v) is 13.8. The van der Waals surface area contributed by atoms with Gasteiger partial charge in [0, 0.05) is 22.4 Å². The molecule has 2 heterocycles. The second kappa shape index (κ2) is 10.8. The van der Waals surface area contributed by atoms with Crippen LogP contribution in [0.3, 0.4) is 0 Å². The molecule has 39 heavy (non-hydrogen) atoms. The van der Waals surface area contributed by atoms with Gasteiger partial charge in [0.25, 0.3) is 0 Å². The van der Waals surface area contributed by atoms with E-state index in [2.05, 4.69) is 56.3 Å². The van der Waals surface area contributed by atoms with E-state index in [9.17, 15) is 5.11 Å². The maximum Gasteiger partial charge on any atom is 0.217 e. The number of ether oxygens (including phenoxy) is 1. The molecule has 4 aromatic carbocycles. The van der Waals surface area contributed by atoms with Gasteiger partial charge in [-0.1, -0.05) is 81.6 Å². The van der Waals surface area contributed by atoms with Crippen LogP contribution < -0.4 is 4.74 Å². The topological polar surface area (TPSA) is 68.4 Å². The number of rotatable bonds is 9. The van der Waals surface area contributed by atoms with E-state index in [1.165, 1.54) is 23.6 Å². The van der Waals surface area contributed by atoms with E-state index in [0.29, 0.717) is 35.5 Å². The van der Waals surface area contributed by atoms with Crippen LogP contribution in [0.15, 0.2) is 89.3 Å². The summed E-state index contributed by atoms with van der Waals surface area (Å²) in [5.41, 5.74) is 3.84. The second-order valence-corrected chi connectivity index (χ2v) is 10.1. The van der Waals surface area contributed by atoms with Crippen LogP contribution in [-0.4, -0.2) is 21.7 Å². The van der Waals surface area contributed by atoms with Gasteiger partial charge in [-0.3, -0.25) is 0 Å². The van der Waals surface area contributed by atoms with Gasteiger partial charge in [0.05, 0.1) is 17.9 Å². The molecule has 196 valence electrons. The Morgan fingerprint density at radius 2 is 1.69 bits per heavy atom. The Balaban J connectivity index is 1.43. The lowest BCUT2D eigenvalue weighted by Crippen LogP contribution is -2.12. The van der Waals surface area contributed by atoms with Crippen LogP contribution in [0.1, 0.15) is 39.5 Å². The molecule has 0 amide bonds. The Morgan fingerprint density at radius 1 is 0.846 bits per heavy atom. The highest BCUT2D eigenvalue weighted by Crippen LogP contribution is 2.37. The van der Waals surface area contributed by atoms with Crippen molar-refractivity contribution in [2.75, 3.05) is 6.61 Å². The van der Waals surface area contributed by atoms with Gasteiger partial charge < -0.3 is 14.3 Å². The molecular formula is C34H32N2O3. The number of furan rings is 1. The second-order valence-electron chi connectivity index (χ2n) is 10.1. The van der Waals surface area contributed by atoms with Crippen molar-refractivity contribution in [3.8, 4) is 34.3 Å². The number of nitrogens with zero attached hydrogens (tertiary/aromatic N) is 2. The van der Waals surface area contributed by atoms with Crippen LogP contribution in [0.4, 0.5) is 0 Å². The number of fused-ring (bicyclic) bond motifs is 5. The van der Waals surface area contributed by atoms with Gasteiger partial charge in [-0.25, -0.2) is 4.98 Å². The van der Waals surface area contributed by atoms with E-state index >= 15 is 0 Å². The number of para-hydroxylation sites is 1. The fourth-order valence-corrected chi connectivity index (χ4v) is 5.24. The zero-order valence-electron chi connectivity index (χ0n) is 22.4. The quantitative estimate of drug-likeness (QED) is 0.207. The van der Waals surface area contributed by atoms with Crippen molar-refractivity contribution < 1.29 is 14.3 Å². The highest BCUT2D eigenvalue weighted by Gasteiger charge is 2.16. The number of phenolic OH excluding ortho intramolecular Hbond substituents is 1. The summed E-state index contributed by atoms with van der Waals surface area (Å²) in [6, 6.07) is 27.7. The highest BCUT2D eigenvalue weighted by atomic mass is 16.5. The van der Waals surface area contributed by atoms with Crippen molar-refractivity contribution in [1.29, 1.82) is 0 Å². The largest absolute Gasteiger partial charge is 0.507 e. The van der Waals surface area contributed by atoms with Gasteiger partial charge in [-0.15, -0.1) is 0 Å². The minimum atomic E-state index is 0.134. The van der Waals surface area contributed by atoms with Crippen molar-refractivity contribution in [1.82, 2.24) is 9.97 Å². The summed E-state index contributed by atoms with van der Waals surface area (Å²) < 4.78 is 12.6. The Morgan fingerprint density at radius 3 is 2.54 bits per heavy atom. The van der Waals surface area contributed by atoms with Crippen molar-refractivity contribution >= 4 is 32.7 Å². The minimum absolute atomic E-state index is 0.134. The maximum atomic E-state index is 10.5. The lowest BCUT2D eigenvalue weighted by atomic mass is 10.0. The van der Waals surface area contributed by atoms with Crippen molar-refractivity contribution in [2.24, 2.45) is 5.92 Å². The van der Waals surface area contributed by atoms with Crippen molar-refractivity contribution in [3.63, 3.8) is 0 Å². The fraction of sp³-hybridized carbons (Fsp3) is 0.235. The molecule has 1 unspecified atom stereocenters. The number of hydrogen-bond acceptors (Lipinski definition) is 5. The minimum Gasteiger partial charge on any atom is -0.507 e. The van der Waals surface area contributed by atoms with Crippen LogP contribution in [0.5, 0.6) is 11.6 Å². The lowest BCUT2D eigenvalue weighted by Gasteiger charge is -2.16. The fourth-order valence-electron chi connectivity index (χ4n) is 5.24. The first-order chi connectivity index (χ1) is 19.1. The summed E-state index contributed by atoms with van der Waals surface area (Å²) in [6.07, 6.45) is 4.55. The van der Waals surface area contributed by atoms with Crippen molar-refractivity contribution in [2.45, 2.75) is 39.5 Å². The predicted octanol–water partition coefficient (Wildman–Crippen LogP) is 9.16. The standard InChI is InChI=1S/C34H32N2O3/c1-3-5-10-22(4-2)21-38-32-20-28(35-34(36-32)26-13-8-9-14-29(26)37)24-15-17-27-31(19-24)39-30-18-16-23-11-6-7-12-25(23)33(27)30/h6-9,11-20,22,37H,3-5,10,21H2,1-2H3. The lowest BCUT2D eigenvalue weighted by molar-refractivity contribution is 0.226. The number of aromatic nitrogens is 2. The molecule has 1 atom stereocenters. The summed E-state index contributed by atoms with van der Waals surface area (Å²) in [5.74, 6) is 1.54. The zero-order chi connectivity index (χ0) is 26.8. The SMILES string of the molecule is CCCCC(CC)COc1cc(-c2ccc3c(c2)oc2ccc4ccccc4c23)nc(-c2ccccc2O)n1. The molecule has 0 radical (unpaired) electrons. The first-order valence-electron chi connectivity index (χ1n) is 13.8. The van der Waals surface area contributed by atoms with E-state index in [0.717, 1.165) is 40.3 Å². The maximum absolute atomic E-state index is 10.5. The molecule has 5 nitrogen and oxygen atoms in total. The Bertz CT molecular complexity index is 1770. The molecule has 0 saturated heterocycles. The Kier molecular flexibility index (Phi) is 6.89. The normalized spacial score (nSPS) is 12.4. The smallest absolute Gasteiger partial charge is 0.217 e. The number of hydrogen-bond donors (Lipinski definition) is 1. The Labute approximate surface area is 228 Å². The predicted molar refractivity (Wildman–Crippen MR) is 158 cm³/mol. The first kappa shape index (κ1) is 24.9. The number of unbranched alkanes of at least 4 members (excludes halogenated alkanes) is 1.